The number of carbonyl (C=O) groups is 1. The topological polar surface area (TPSA) is 115 Å². The van der Waals surface area contributed by atoms with E-state index < -0.39 is 15.8 Å². The summed E-state index contributed by atoms with van der Waals surface area (Å²) in [5.41, 5.74) is 1.13. The molecule has 0 bridgehead atoms. The van der Waals surface area contributed by atoms with E-state index >= 15 is 0 Å². The number of fused-ring (bicyclic) bond motifs is 1. The number of amides is 1. The molecule has 1 heterocycles. The Labute approximate surface area is 139 Å². The van der Waals surface area contributed by atoms with Crippen LogP contribution < -0.4 is 5.32 Å². The summed E-state index contributed by atoms with van der Waals surface area (Å²) in [6, 6.07) is 8.15. The second kappa shape index (κ2) is 5.74. The SMILES string of the molecule is O=C1Nc2cc(Cl)c([N+](=O)[O-])cc2/C1=C\c1ccc([N+](=O)[O-])cc1. The highest BCUT2D eigenvalue weighted by Crippen LogP contribution is 2.39. The fraction of sp³-hybridized carbons (Fsp3) is 0. The number of nitrogens with zero attached hydrogens (tertiary/aromatic N) is 2. The minimum Gasteiger partial charge on any atom is -0.321 e. The molecule has 9 heteroatoms. The van der Waals surface area contributed by atoms with E-state index in [1.165, 1.54) is 42.5 Å². The molecular weight excluding hydrogens is 338 g/mol. The zero-order chi connectivity index (χ0) is 17.4. The predicted molar refractivity (Wildman–Crippen MR) is 87.7 cm³/mol. The number of anilines is 1. The molecule has 0 atom stereocenters. The van der Waals surface area contributed by atoms with Gasteiger partial charge in [0.05, 0.1) is 15.5 Å². The van der Waals surface area contributed by atoms with E-state index in [-0.39, 0.29) is 22.0 Å². The van der Waals surface area contributed by atoms with Crippen LogP contribution in [0.25, 0.3) is 11.6 Å². The molecule has 0 fully saturated rings. The van der Waals surface area contributed by atoms with Gasteiger partial charge in [0.15, 0.2) is 0 Å². The molecule has 8 nitrogen and oxygen atoms in total. The third-order valence-corrected chi connectivity index (χ3v) is 3.78. The van der Waals surface area contributed by atoms with Crippen LogP contribution in [0.3, 0.4) is 0 Å². The highest BCUT2D eigenvalue weighted by Gasteiger charge is 2.28. The first-order valence-corrected chi connectivity index (χ1v) is 7.00. The van der Waals surface area contributed by atoms with Crippen molar-refractivity contribution in [2.24, 2.45) is 0 Å². The van der Waals surface area contributed by atoms with Crippen LogP contribution >= 0.6 is 11.6 Å². The van der Waals surface area contributed by atoms with Gasteiger partial charge >= 0.3 is 0 Å². The Bertz CT molecular complexity index is 921. The zero-order valence-electron chi connectivity index (χ0n) is 11.9. The van der Waals surface area contributed by atoms with Crippen LogP contribution in [0.1, 0.15) is 11.1 Å². The molecule has 0 aliphatic carbocycles. The van der Waals surface area contributed by atoms with E-state index in [0.29, 0.717) is 16.8 Å². The van der Waals surface area contributed by atoms with Crippen LogP contribution in [0.5, 0.6) is 0 Å². The summed E-state index contributed by atoms with van der Waals surface area (Å²) in [5.74, 6) is -0.431. The Morgan fingerprint density at radius 1 is 1.04 bits per heavy atom. The number of hydrogen-bond donors (Lipinski definition) is 1. The number of non-ortho nitro benzene ring substituents is 1. The summed E-state index contributed by atoms with van der Waals surface area (Å²) in [5, 5.41) is 24.2. The summed E-state index contributed by atoms with van der Waals surface area (Å²) < 4.78 is 0. The van der Waals surface area contributed by atoms with E-state index in [4.69, 9.17) is 11.6 Å². The van der Waals surface area contributed by atoms with Gasteiger partial charge in [0.1, 0.15) is 5.02 Å². The number of nitro benzene ring substituents is 2. The maximum absolute atomic E-state index is 12.1. The van der Waals surface area contributed by atoms with Gasteiger partial charge < -0.3 is 5.32 Å². The Morgan fingerprint density at radius 2 is 1.71 bits per heavy atom. The molecule has 2 aromatic rings. The van der Waals surface area contributed by atoms with Crippen LogP contribution in [0.15, 0.2) is 36.4 Å². The number of halogens is 1. The van der Waals surface area contributed by atoms with Crippen LogP contribution in [0.4, 0.5) is 17.1 Å². The Morgan fingerprint density at radius 3 is 2.29 bits per heavy atom. The molecule has 1 amide bonds. The summed E-state index contributed by atoms with van der Waals surface area (Å²) in [6.45, 7) is 0. The van der Waals surface area contributed by atoms with Crippen LogP contribution in [-0.4, -0.2) is 15.8 Å². The first kappa shape index (κ1) is 15.6. The van der Waals surface area contributed by atoms with Gasteiger partial charge in [-0.05, 0) is 29.8 Å². The largest absolute Gasteiger partial charge is 0.321 e. The van der Waals surface area contributed by atoms with E-state index in [1.54, 1.807) is 0 Å². The molecule has 0 saturated heterocycles. The predicted octanol–water partition coefficient (Wildman–Crippen LogP) is 3.65. The fourth-order valence-corrected chi connectivity index (χ4v) is 2.57. The van der Waals surface area contributed by atoms with Crippen molar-refractivity contribution >= 4 is 46.2 Å². The van der Waals surface area contributed by atoms with Gasteiger partial charge in [-0.2, -0.15) is 0 Å². The van der Waals surface area contributed by atoms with E-state index in [1.807, 2.05) is 0 Å². The molecule has 2 aromatic carbocycles. The zero-order valence-corrected chi connectivity index (χ0v) is 12.6. The van der Waals surface area contributed by atoms with Crippen LogP contribution in [0.2, 0.25) is 5.02 Å². The molecule has 0 spiro atoms. The molecule has 3 rings (SSSR count). The molecule has 24 heavy (non-hydrogen) atoms. The molecule has 0 unspecified atom stereocenters. The van der Waals surface area contributed by atoms with E-state index in [0.717, 1.165) is 0 Å². The molecule has 0 saturated carbocycles. The van der Waals surface area contributed by atoms with Gasteiger partial charge in [-0.15, -0.1) is 0 Å². The third kappa shape index (κ3) is 2.70. The van der Waals surface area contributed by atoms with Crippen LogP contribution in [-0.2, 0) is 4.79 Å². The highest BCUT2D eigenvalue weighted by molar-refractivity contribution is 6.37. The van der Waals surface area contributed by atoms with Crippen molar-refractivity contribution < 1.29 is 14.6 Å². The Kier molecular flexibility index (Phi) is 3.74. The minimum absolute atomic E-state index is 0.0733. The standard InChI is InChI=1S/C15H8ClN3O5/c16-12-7-13-10(6-14(12)19(23)24)11(15(20)17-13)5-8-1-3-9(4-2-8)18(21)22/h1-7H,(H,17,20)/b11-5+. The minimum atomic E-state index is -0.630. The lowest BCUT2D eigenvalue weighted by atomic mass is 10.0. The average Bonchev–Trinajstić information content (AvgIpc) is 2.81. The summed E-state index contributed by atoms with van der Waals surface area (Å²) in [7, 11) is 0. The summed E-state index contributed by atoms with van der Waals surface area (Å²) in [4.78, 5) is 32.6. The quantitative estimate of drug-likeness (QED) is 0.518. The molecule has 120 valence electrons. The normalized spacial score (nSPS) is 14.4. The van der Waals surface area contributed by atoms with Crippen molar-refractivity contribution in [1.29, 1.82) is 0 Å². The van der Waals surface area contributed by atoms with Crippen molar-refractivity contribution in [3.63, 3.8) is 0 Å². The number of nitrogens with one attached hydrogen (secondary N) is 1. The fourth-order valence-electron chi connectivity index (χ4n) is 2.34. The molecule has 1 N–H and O–H groups in total. The number of hydrogen-bond acceptors (Lipinski definition) is 5. The van der Waals surface area contributed by atoms with Crippen molar-refractivity contribution in [3.05, 3.63) is 72.8 Å². The highest BCUT2D eigenvalue weighted by atomic mass is 35.5. The first-order valence-electron chi connectivity index (χ1n) is 6.62. The maximum Gasteiger partial charge on any atom is 0.288 e. The Hall–Kier alpha value is -3.26. The van der Waals surface area contributed by atoms with Gasteiger partial charge in [-0.1, -0.05) is 11.6 Å². The molecule has 1 aliphatic rings. The monoisotopic (exact) mass is 345 g/mol. The van der Waals surface area contributed by atoms with Crippen molar-refractivity contribution in [2.75, 3.05) is 5.32 Å². The second-order valence-electron chi connectivity index (χ2n) is 4.97. The van der Waals surface area contributed by atoms with Crippen molar-refractivity contribution in [1.82, 2.24) is 0 Å². The number of carbonyl (C=O) groups excluding carboxylic acids is 1. The smallest absolute Gasteiger partial charge is 0.288 e. The van der Waals surface area contributed by atoms with Crippen molar-refractivity contribution in [2.45, 2.75) is 0 Å². The lowest BCUT2D eigenvalue weighted by Crippen LogP contribution is -2.03. The van der Waals surface area contributed by atoms with Gasteiger partial charge in [0.25, 0.3) is 17.3 Å². The summed E-state index contributed by atoms with van der Waals surface area (Å²) in [6.07, 6.45) is 1.50. The molecule has 0 aromatic heterocycles. The van der Waals surface area contributed by atoms with E-state index in [2.05, 4.69) is 5.32 Å². The number of nitro groups is 2. The molecule has 1 aliphatic heterocycles. The van der Waals surface area contributed by atoms with Gasteiger partial charge in [-0.3, -0.25) is 25.0 Å². The average molecular weight is 346 g/mol. The second-order valence-corrected chi connectivity index (χ2v) is 5.37. The van der Waals surface area contributed by atoms with Crippen molar-refractivity contribution in [3.8, 4) is 0 Å². The van der Waals surface area contributed by atoms with E-state index in [9.17, 15) is 25.0 Å². The van der Waals surface area contributed by atoms with Crippen LogP contribution in [0, 0.1) is 20.2 Å². The lowest BCUT2D eigenvalue weighted by Gasteiger charge is -2.01. The number of rotatable bonds is 3. The van der Waals surface area contributed by atoms with Gasteiger partial charge in [-0.25, -0.2) is 0 Å². The summed E-state index contributed by atoms with van der Waals surface area (Å²) >= 11 is 5.83. The maximum atomic E-state index is 12.1. The Balaban J connectivity index is 2.07. The van der Waals surface area contributed by atoms with Gasteiger partial charge in [0, 0.05) is 29.3 Å². The van der Waals surface area contributed by atoms with Gasteiger partial charge in [0.2, 0.25) is 0 Å². The molecule has 0 radical (unpaired) electrons. The number of benzene rings is 2. The lowest BCUT2D eigenvalue weighted by molar-refractivity contribution is -0.385. The third-order valence-electron chi connectivity index (χ3n) is 3.48. The first-order chi connectivity index (χ1) is 11.4. The molecular formula is C15H8ClN3O5.